The standard InChI is InChI=1S/C19H23N7O6/c1-11(2)32-10-14(27)9-25-15-16(24(3)19(29)22-17(15)28)21-18(25)23-20-8-12-4-6-13(7-5-12)26(30)31/h4-8,11,14,27H,9-10H2,1-3H3,(H,21,23)(H,22,28,29)/b20-8+. The van der Waals surface area contributed by atoms with E-state index in [4.69, 9.17) is 4.74 Å². The van der Waals surface area contributed by atoms with Crippen molar-refractivity contribution in [2.45, 2.75) is 32.6 Å². The molecule has 0 radical (unpaired) electrons. The van der Waals surface area contributed by atoms with E-state index in [0.717, 1.165) is 0 Å². The average Bonchev–Trinajstić information content (AvgIpc) is 3.09. The van der Waals surface area contributed by atoms with Gasteiger partial charge in [0, 0.05) is 19.2 Å². The van der Waals surface area contributed by atoms with Crippen molar-refractivity contribution in [2.24, 2.45) is 12.1 Å². The predicted molar refractivity (Wildman–Crippen MR) is 117 cm³/mol. The summed E-state index contributed by atoms with van der Waals surface area (Å²) >= 11 is 0. The van der Waals surface area contributed by atoms with E-state index >= 15 is 0 Å². The number of non-ortho nitro benzene ring substituents is 1. The van der Waals surface area contributed by atoms with Gasteiger partial charge >= 0.3 is 5.69 Å². The Labute approximate surface area is 181 Å². The van der Waals surface area contributed by atoms with E-state index in [-0.39, 0.29) is 42.1 Å². The molecule has 1 unspecified atom stereocenters. The minimum Gasteiger partial charge on any atom is -0.389 e. The van der Waals surface area contributed by atoms with Gasteiger partial charge in [-0.3, -0.25) is 24.5 Å². The maximum absolute atomic E-state index is 12.5. The van der Waals surface area contributed by atoms with Gasteiger partial charge in [-0.05, 0) is 31.5 Å². The van der Waals surface area contributed by atoms with E-state index in [9.17, 15) is 24.8 Å². The quantitative estimate of drug-likeness (QED) is 0.244. The van der Waals surface area contributed by atoms with E-state index in [1.807, 2.05) is 13.8 Å². The number of H-pyrrole nitrogens is 1. The molecular weight excluding hydrogens is 422 g/mol. The lowest BCUT2D eigenvalue weighted by atomic mass is 10.2. The fourth-order valence-corrected chi connectivity index (χ4v) is 2.91. The molecule has 3 aromatic rings. The van der Waals surface area contributed by atoms with Gasteiger partial charge in [0.05, 0.1) is 36.5 Å². The number of rotatable bonds is 9. The number of nitro benzene ring substituents is 1. The zero-order valence-electron chi connectivity index (χ0n) is 17.7. The molecule has 2 heterocycles. The molecule has 3 rings (SSSR count). The van der Waals surface area contributed by atoms with Gasteiger partial charge in [-0.1, -0.05) is 0 Å². The largest absolute Gasteiger partial charge is 0.389 e. The SMILES string of the molecule is CC(C)OCC(O)Cn1c(N/N=C/c2ccc([N+](=O)[O-])cc2)nc2c1c(=O)[nH]c(=O)n2C. The van der Waals surface area contributed by atoms with Crippen LogP contribution in [0.3, 0.4) is 0 Å². The van der Waals surface area contributed by atoms with Crippen LogP contribution in [0.1, 0.15) is 19.4 Å². The highest BCUT2D eigenvalue weighted by atomic mass is 16.6. The summed E-state index contributed by atoms with van der Waals surface area (Å²) in [5.41, 5.74) is 2.16. The Morgan fingerprint density at radius 3 is 2.66 bits per heavy atom. The summed E-state index contributed by atoms with van der Waals surface area (Å²) in [6, 6.07) is 5.73. The molecule has 1 atom stereocenters. The predicted octanol–water partition coefficient (Wildman–Crippen LogP) is 0.563. The summed E-state index contributed by atoms with van der Waals surface area (Å²) in [4.78, 5) is 41.1. The van der Waals surface area contributed by atoms with Crippen LogP contribution in [-0.2, 0) is 18.3 Å². The fourth-order valence-electron chi connectivity index (χ4n) is 2.91. The highest BCUT2D eigenvalue weighted by Gasteiger charge is 2.19. The molecule has 0 aliphatic carbocycles. The first-order valence-corrected chi connectivity index (χ1v) is 9.70. The van der Waals surface area contributed by atoms with Crippen molar-refractivity contribution in [3.8, 4) is 0 Å². The van der Waals surface area contributed by atoms with Gasteiger partial charge in [0.15, 0.2) is 11.2 Å². The number of hydrogen-bond acceptors (Lipinski definition) is 9. The monoisotopic (exact) mass is 445 g/mol. The molecule has 0 bridgehead atoms. The number of anilines is 1. The molecule has 0 amide bonds. The Morgan fingerprint density at radius 1 is 1.34 bits per heavy atom. The Hall–Kier alpha value is -3.84. The molecule has 0 saturated heterocycles. The first-order valence-electron chi connectivity index (χ1n) is 9.70. The van der Waals surface area contributed by atoms with Crippen LogP contribution in [0.5, 0.6) is 0 Å². The summed E-state index contributed by atoms with van der Waals surface area (Å²) in [5.74, 6) is 0.119. The second-order valence-electron chi connectivity index (χ2n) is 7.29. The van der Waals surface area contributed by atoms with Gasteiger partial charge in [0.25, 0.3) is 11.2 Å². The van der Waals surface area contributed by atoms with Crippen LogP contribution < -0.4 is 16.7 Å². The molecule has 0 aliphatic rings. The topological polar surface area (TPSA) is 170 Å². The molecule has 3 N–H and O–H groups in total. The van der Waals surface area contributed by atoms with Crippen LogP contribution >= 0.6 is 0 Å². The van der Waals surface area contributed by atoms with Gasteiger partial charge in [0.2, 0.25) is 5.95 Å². The molecule has 170 valence electrons. The number of nitrogens with one attached hydrogen (secondary N) is 2. The molecule has 13 heteroatoms. The minimum absolute atomic E-state index is 0.0342. The molecule has 32 heavy (non-hydrogen) atoms. The molecule has 0 fully saturated rings. The number of benzene rings is 1. The van der Waals surface area contributed by atoms with Crippen molar-refractivity contribution in [3.63, 3.8) is 0 Å². The van der Waals surface area contributed by atoms with E-state index < -0.39 is 22.3 Å². The highest BCUT2D eigenvalue weighted by molar-refractivity contribution is 5.81. The second-order valence-corrected chi connectivity index (χ2v) is 7.29. The molecule has 0 spiro atoms. The van der Waals surface area contributed by atoms with Crippen LogP contribution in [0.15, 0.2) is 39.0 Å². The van der Waals surface area contributed by atoms with Crippen LogP contribution in [0.2, 0.25) is 0 Å². The van der Waals surface area contributed by atoms with Gasteiger partial charge in [-0.2, -0.15) is 10.1 Å². The Kier molecular flexibility index (Phi) is 6.80. The summed E-state index contributed by atoms with van der Waals surface area (Å²) < 4.78 is 8.01. The molecule has 0 saturated carbocycles. The number of imidazole rings is 1. The first-order chi connectivity index (χ1) is 15.2. The highest BCUT2D eigenvalue weighted by Crippen LogP contribution is 2.17. The smallest absolute Gasteiger partial charge is 0.329 e. The number of aromatic nitrogens is 4. The Bertz CT molecular complexity index is 1260. The normalized spacial score (nSPS) is 12.7. The lowest BCUT2D eigenvalue weighted by Gasteiger charge is -2.15. The van der Waals surface area contributed by atoms with Crippen molar-refractivity contribution >= 4 is 29.0 Å². The van der Waals surface area contributed by atoms with Crippen molar-refractivity contribution in [3.05, 3.63) is 60.8 Å². The zero-order valence-corrected chi connectivity index (χ0v) is 17.7. The molecule has 13 nitrogen and oxygen atoms in total. The second kappa shape index (κ2) is 9.53. The van der Waals surface area contributed by atoms with Crippen LogP contribution in [-0.4, -0.2) is 54.2 Å². The van der Waals surface area contributed by atoms with Gasteiger partial charge in [-0.15, -0.1) is 0 Å². The van der Waals surface area contributed by atoms with Crippen molar-refractivity contribution in [1.29, 1.82) is 0 Å². The maximum atomic E-state index is 12.5. The van der Waals surface area contributed by atoms with Gasteiger partial charge < -0.3 is 14.4 Å². The number of aliphatic hydroxyl groups excluding tert-OH is 1. The number of nitrogens with zero attached hydrogens (tertiary/aromatic N) is 5. The summed E-state index contributed by atoms with van der Waals surface area (Å²) in [6.45, 7) is 3.66. The number of nitro groups is 1. The van der Waals surface area contributed by atoms with Crippen molar-refractivity contribution < 1.29 is 14.8 Å². The minimum atomic E-state index is -0.953. The molecule has 1 aromatic carbocycles. The molecular formula is C19H23N7O6. The number of ether oxygens (including phenoxy) is 1. The Balaban J connectivity index is 1.93. The van der Waals surface area contributed by atoms with Gasteiger partial charge in [-0.25, -0.2) is 10.2 Å². The van der Waals surface area contributed by atoms with Crippen molar-refractivity contribution in [2.75, 3.05) is 12.0 Å². The average molecular weight is 445 g/mol. The number of aryl methyl sites for hydroxylation is 1. The van der Waals surface area contributed by atoms with Crippen LogP contribution in [0, 0.1) is 10.1 Å². The number of aromatic amines is 1. The fraction of sp³-hybridized carbons (Fsp3) is 0.368. The van der Waals surface area contributed by atoms with Crippen molar-refractivity contribution in [1.82, 2.24) is 19.1 Å². The van der Waals surface area contributed by atoms with E-state index in [2.05, 4.69) is 20.5 Å². The van der Waals surface area contributed by atoms with E-state index in [0.29, 0.717) is 5.56 Å². The first kappa shape index (κ1) is 22.8. The lowest BCUT2D eigenvalue weighted by molar-refractivity contribution is -0.384. The number of fused-ring (bicyclic) bond motifs is 1. The molecule has 0 aliphatic heterocycles. The lowest BCUT2D eigenvalue weighted by Crippen LogP contribution is -2.30. The molecule has 2 aromatic heterocycles. The van der Waals surface area contributed by atoms with E-state index in [1.165, 1.54) is 46.7 Å². The summed E-state index contributed by atoms with van der Waals surface area (Å²) in [6.07, 6.45) is 0.373. The third-order valence-corrected chi connectivity index (χ3v) is 4.50. The third kappa shape index (κ3) is 5.07. The van der Waals surface area contributed by atoms with E-state index in [1.54, 1.807) is 0 Å². The third-order valence-electron chi connectivity index (χ3n) is 4.50. The summed E-state index contributed by atoms with van der Waals surface area (Å²) in [7, 11) is 1.46. The Morgan fingerprint density at radius 2 is 2.03 bits per heavy atom. The summed E-state index contributed by atoms with van der Waals surface area (Å²) in [5, 5.41) is 25.2. The number of hydrogen-bond donors (Lipinski definition) is 3. The number of aliphatic hydroxyl groups is 1. The van der Waals surface area contributed by atoms with Gasteiger partial charge in [0.1, 0.15) is 0 Å². The van der Waals surface area contributed by atoms with Crippen LogP contribution in [0.4, 0.5) is 11.6 Å². The zero-order chi connectivity index (χ0) is 23.4. The van der Waals surface area contributed by atoms with Crippen LogP contribution in [0.25, 0.3) is 11.2 Å². The number of hydrazone groups is 1. The maximum Gasteiger partial charge on any atom is 0.329 e.